The lowest BCUT2D eigenvalue weighted by atomic mass is 10.2. The highest BCUT2D eigenvalue weighted by Gasteiger charge is 2.18. The van der Waals surface area contributed by atoms with Gasteiger partial charge >= 0.3 is 0 Å². The van der Waals surface area contributed by atoms with Crippen molar-refractivity contribution in [3.63, 3.8) is 0 Å². The van der Waals surface area contributed by atoms with Crippen molar-refractivity contribution >= 4 is 34.9 Å². The molecule has 0 bridgehead atoms. The van der Waals surface area contributed by atoms with Gasteiger partial charge in [-0.25, -0.2) is 0 Å². The van der Waals surface area contributed by atoms with E-state index in [0.717, 1.165) is 0 Å². The number of carbonyl (C=O) groups excluding carboxylic acids is 2. The fourth-order valence-corrected chi connectivity index (χ4v) is 3.08. The Labute approximate surface area is 116 Å². The molecule has 0 aliphatic rings. The number of thiophene rings is 1. The highest BCUT2D eigenvalue weighted by atomic mass is 32.2. The van der Waals surface area contributed by atoms with Gasteiger partial charge in [-0.1, -0.05) is 0 Å². The standard InChI is InChI=1S/C12H18N2O2S2/c1-8-4-5-10(18-8)9(2)14(3)12(16)7-17-6-11(13)15/h4-5,9H,6-7H2,1-3H3,(H2,13,15). The molecule has 1 unspecified atom stereocenters. The zero-order valence-electron chi connectivity index (χ0n) is 10.8. The molecule has 0 fully saturated rings. The van der Waals surface area contributed by atoms with Gasteiger partial charge in [-0.3, -0.25) is 9.59 Å². The van der Waals surface area contributed by atoms with Crippen molar-refractivity contribution in [1.29, 1.82) is 0 Å². The van der Waals surface area contributed by atoms with Crippen molar-refractivity contribution in [2.45, 2.75) is 19.9 Å². The Kier molecular flexibility index (Phi) is 5.68. The number of primary amides is 1. The number of thioether (sulfide) groups is 1. The van der Waals surface area contributed by atoms with Gasteiger partial charge in [-0.05, 0) is 26.0 Å². The van der Waals surface area contributed by atoms with E-state index >= 15 is 0 Å². The molecule has 18 heavy (non-hydrogen) atoms. The van der Waals surface area contributed by atoms with E-state index in [1.54, 1.807) is 23.3 Å². The van der Waals surface area contributed by atoms with Crippen molar-refractivity contribution < 1.29 is 9.59 Å². The van der Waals surface area contributed by atoms with Crippen LogP contribution in [0.15, 0.2) is 12.1 Å². The first kappa shape index (κ1) is 15.0. The molecule has 0 spiro atoms. The van der Waals surface area contributed by atoms with Crippen LogP contribution in [0.4, 0.5) is 0 Å². The third-order valence-electron chi connectivity index (χ3n) is 2.62. The first-order valence-electron chi connectivity index (χ1n) is 5.60. The Morgan fingerprint density at radius 3 is 2.61 bits per heavy atom. The van der Waals surface area contributed by atoms with Gasteiger partial charge in [0.05, 0.1) is 17.5 Å². The number of aryl methyl sites for hydroxylation is 1. The minimum atomic E-state index is -0.391. The van der Waals surface area contributed by atoms with Gasteiger partial charge < -0.3 is 10.6 Å². The van der Waals surface area contributed by atoms with Crippen LogP contribution in [0, 0.1) is 6.92 Å². The second kappa shape index (κ2) is 6.80. The highest BCUT2D eigenvalue weighted by molar-refractivity contribution is 8.00. The fraction of sp³-hybridized carbons (Fsp3) is 0.500. The predicted octanol–water partition coefficient (Wildman–Crippen LogP) is 1.79. The van der Waals surface area contributed by atoms with Crippen LogP contribution >= 0.6 is 23.1 Å². The van der Waals surface area contributed by atoms with Gasteiger partial charge in [0.2, 0.25) is 11.8 Å². The molecule has 1 atom stereocenters. The first-order valence-corrected chi connectivity index (χ1v) is 7.57. The molecule has 4 nitrogen and oxygen atoms in total. The zero-order chi connectivity index (χ0) is 13.7. The molecule has 1 heterocycles. The van der Waals surface area contributed by atoms with Crippen LogP contribution in [0.2, 0.25) is 0 Å². The van der Waals surface area contributed by atoms with Crippen molar-refractivity contribution in [3.05, 3.63) is 21.9 Å². The van der Waals surface area contributed by atoms with Gasteiger partial charge in [0, 0.05) is 16.8 Å². The summed E-state index contributed by atoms with van der Waals surface area (Å²) in [6.45, 7) is 4.05. The summed E-state index contributed by atoms with van der Waals surface area (Å²) >= 11 is 2.95. The van der Waals surface area contributed by atoms with Crippen molar-refractivity contribution in [1.82, 2.24) is 4.90 Å². The molecule has 2 N–H and O–H groups in total. The molecule has 0 aliphatic heterocycles. The van der Waals surface area contributed by atoms with Crippen LogP contribution in [0.3, 0.4) is 0 Å². The fourth-order valence-electron chi connectivity index (χ4n) is 1.43. The van der Waals surface area contributed by atoms with Crippen LogP contribution < -0.4 is 5.73 Å². The summed E-state index contributed by atoms with van der Waals surface area (Å²) in [5.74, 6) is 0.0948. The van der Waals surface area contributed by atoms with Crippen molar-refractivity contribution in [2.75, 3.05) is 18.6 Å². The number of nitrogens with zero attached hydrogens (tertiary/aromatic N) is 1. The second-order valence-electron chi connectivity index (χ2n) is 4.09. The number of hydrogen-bond donors (Lipinski definition) is 1. The summed E-state index contributed by atoms with van der Waals surface area (Å²) < 4.78 is 0. The Balaban J connectivity index is 2.50. The molecule has 0 aromatic carbocycles. The minimum absolute atomic E-state index is 0.0137. The summed E-state index contributed by atoms with van der Waals surface area (Å²) in [7, 11) is 1.78. The van der Waals surface area contributed by atoms with E-state index in [-0.39, 0.29) is 23.5 Å². The first-order chi connectivity index (χ1) is 8.41. The topological polar surface area (TPSA) is 63.4 Å². The molecule has 1 aromatic heterocycles. The van der Waals surface area contributed by atoms with Gasteiger partial charge in [0.1, 0.15) is 0 Å². The average Bonchev–Trinajstić information content (AvgIpc) is 2.73. The number of rotatable bonds is 6. The number of amides is 2. The predicted molar refractivity (Wildman–Crippen MR) is 76.8 cm³/mol. The molecule has 0 aliphatic carbocycles. The second-order valence-corrected chi connectivity index (χ2v) is 6.39. The van der Waals surface area contributed by atoms with Gasteiger partial charge in [-0.2, -0.15) is 0 Å². The van der Waals surface area contributed by atoms with Crippen LogP contribution in [-0.2, 0) is 9.59 Å². The molecule has 6 heteroatoms. The lowest BCUT2D eigenvalue weighted by Crippen LogP contribution is -2.31. The van der Waals surface area contributed by atoms with Crippen LogP contribution in [-0.4, -0.2) is 35.3 Å². The quantitative estimate of drug-likeness (QED) is 0.867. The van der Waals surface area contributed by atoms with Crippen LogP contribution in [0.5, 0.6) is 0 Å². The maximum absolute atomic E-state index is 11.9. The molecule has 0 radical (unpaired) electrons. The third kappa shape index (κ3) is 4.34. The van der Waals surface area contributed by atoms with E-state index in [4.69, 9.17) is 5.73 Å². The van der Waals surface area contributed by atoms with E-state index in [9.17, 15) is 9.59 Å². The maximum Gasteiger partial charge on any atom is 0.232 e. The third-order valence-corrected chi connectivity index (χ3v) is 4.73. The number of carbonyl (C=O) groups is 2. The van der Waals surface area contributed by atoms with Crippen molar-refractivity contribution in [3.8, 4) is 0 Å². The Bertz CT molecular complexity index is 431. The van der Waals surface area contributed by atoms with Crippen LogP contribution in [0.25, 0.3) is 0 Å². The Hall–Kier alpha value is -1.01. The molecule has 0 saturated carbocycles. The Morgan fingerprint density at radius 1 is 1.44 bits per heavy atom. The largest absolute Gasteiger partial charge is 0.369 e. The van der Waals surface area contributed by atoms with E-state index < -0.39 is 5.91 Å². The summed E-state index contributed by atoms with van der Waals surface area (Å²) in [5, 5.41) is 0. The zero-order valence-corrected chi connectivity index (χ0v) is 12.4. The van der Waals surface area contributed by atoms with E-state index in [1.165, 1.54) is 21.5 Å². The smallest absolute Gasteiger partial charge is 0.232 e. The molecule has 100 valence electrons. The van der Waals surface area contributed by atoms with E-state index in [0.29, 0.717) is 0 Å². The Morgan fingerprint density at radius 2 is 2.11 bits per heavy atom. The summed E-state index contributed by atoms with van der Waals surface area (Å²) in [6.07, 6.45) is 0. The number of hydrogen-bond acceptors (Lipinski definition) is 4. The van der Waals surface area contributed by atoms with Crippen molar-refractivity contribution in [2.24, 2.45) is 5.73 Å². The van der Waals surface area contributed by atoms with Crippen LogP contribution in [0.1, 0.15) is 22.7 Å². The minimum Gasteiger partial charge on any atom is -0.369 e. The normalized spacial score (nSPS) is 12.2. The average molecular weight is 286 g/mol. The summed E-state index contributed by atoms with van der Waals surface area (Å²) in [4.78, 5) is 26.6. The molecule has 1 rings (SSSR count). The summed E-state index contributed by atoms with van der Waals surface area (Å²) in [6, 6.07) is 4.16. The summed E-state index contributed by atoms with van der Waals surface area (Å²) in [5.41, 5.74) is 5.03. The van der Waals surface area contributed by atoms with E-state index in [2.05, 4.69) is 6.07 Å². The molecule has 2 amide bonds. The molecule has 0 saturated heterocycles. The monoisotopic (exact) mass is 286 g/mol. The number of nitrogens with two attached hydrogens (primary N) is 1. The van der Waals surface area contributed by atoms with Gasteiger partial charge in [0.15, 0.2) is 0 Å². The van der Waals surface area contributed by atoms with E-state index in [1.807, 2.05) is 19.9 Å². The SMILES string of the molecule is Cc1ccc(C(C)N(C)C(=O)CSCC(N)=O)s1. The molecular formula is C12H18N2O2S2. The lowest BCUT2D eigenvalue weighted by Gasteiger charge is -2.24. The maximum atomic E-state index is 11.9. The molecule has 1 aromatic rings. The highest BCUT2D eigenvalue weighted by Crippen LogP contribution is 2.26. The molecular weight excluding hydrogens is 268 g/mol. The van der Waals surface area contributed by atoms with Gasteiger partial charge in [0.25, 0.3) is 0 Å². The lowest BCUT2D eigenvalue weighted by molar-refractivity contribution is -0.128. The van der Waals surface area contributed by atoms with Gasteiger partial charge in [-0.15, -0.1) is 23.1 Å².